The van der Waals surface area contributed by atoms with Crippen LogP contribution in [0.3, 0.4) is 0 Å². The molecule has 0 bridgehead atoms. The number of halogens is 8. The minimum Gasteiger partial charge on any atom is -0.393 e. The molecule has 6 fully saturated rings. The van der Waals surface area contributed by atoms with Gasteiger partial charge in [-0.05, 0) is 147 Å². The van der Waals surface area contributed by atoms with Crippen LogP contribution in [0.25, 0.3) is 49.9 Å². The normalized spacial score (nSPS) is 22.8. The number of alkyl halides is 8. The number of aromatic nitrogens is 15. The molecule has 21 nitrogen and oxygen atoms in total. The van der Waals surface area contributed by atoms with Crippen LogP contribution < -0.4 is 5.32 Å². The van der Waals surface area contributed by atoms with Crippen LogP contribution in [0.1, 0.15) is 240 Å². The van der Waals surface area contributed by atoms with E-state index in [1.807, 2.05) is 61.0 Å². The molecule has 0 amide bonds. The Morgan fingerprint density at radius 2 is 0.848 bits per heavy atom. The van der Waals surface area contributed by atoms with Crippen molar-refractivity contribution < 1.29 is 55.2 Å². The number of nitrogens with one attached hydrogen (secondary N) is 1. The molecule has 5 aliphatic carbocycles. The molecular formula is C76H101F8N17O4. The molecular weight excluding hydrogens is 1370 g/mol. The number of ether oxygens (including phenoxy) is 1. The van der Waals surface area contributed by atoms with Gasteiger partial charge in [0.15, 0.2) is 0 Å². The SMILES string of the molecule is COC[C@H](C)Nc1ncc2c(-c3cnn(C4CN(CCC(C)(F)F)C4)c3)cc(C3CCC(O)CC3)n2n1.C[C@H](Cc1ncc2c(-c3cnn(C4CCCC4)c3)cc(C3CCC(O)CC3)n2n1)CC(F)(F)F.C[C@H](Cc1ncc2c(-c3cnn(C4CCCC4)c3)cc(C3CCC(O)CC3)n2n1)CC(F)(F)F. The Hall–Kier alpha value is -7.47. The first kappa shape index (κ1) is 75.8. The minimum absolute atomic E-state index is 0.0644. The lowest BCUT2D eigenvalue weighted by molar-refractivity contribution is -0.144. The van der Waals surface area contributed by atoms with Gasteiger partial charge in [-0.1, -0.05) is 39.5 Å². The number of nitrogens with zero attached hydrogens (tertiary/aromatic N) is 16. The fourth-order valence-corrected chi connectivity index (χ4v) is 16.7. The van der Waals surface area contributed by atoms with Crippen LogP contribution in [0.15, 0.2) is 74.0 Å². The van der Waals surface area contributed by atoms with Gasteiger partial charge in [-0.3, -0.25) is 18.9 Å². The molecule has 0 unspecified atom stereocenters. The first-order valence-corrected chi connectivity index (χ1v) is 38.0. The van der Waals surface area contributed by atoms with E-state index in [1.54, 1.807) is 33.4 Å². The Bertz CT molecular complexity index is 4120. The topological polar surface area (TPSA) is 229 Å². The molecule has 3 atom stereocenters. The molecule has 10 heterocycles. The second-order valence-electron chi connectivity index (χ2n) is 31.3. The number of anilines is 1. The third-order valence-electron chi connectivity index (χ3n) is 22.4. The zero-order valence-corrected chi connectivity index (χ0v) is 60.8. The first-order valence-electron chi connectivity index (χ1n) is 38.0. The predicted molar refractivity (Wildman–Crippen MR) is 382 cm³/mol. The Balaban J connectivity index is 0.000000140. The maximum absolute atomic E-state index is 13.2. The first-order chi connectivity index (χ1) is 50.2. The van der Waals surface area contributed by atoms with E-state index in [0.717, 1.165) is 190 Å². The van der Waals surface area contributed by atoms with Gasteiger partial charge in [0.05, 0.1) is 96.8 Å². The van der Waals surface area contributed by atoms with Crippen LogP contribution in [0.5, 0.6) is 0 Å². The van der Waals surface area contributed by atoms with Gasteiger partial charge in [0.25, 0.3) is 0 Å². The molecule has 29 heteroatoms. The number of hydrogen-bond donors (Lipinski definition) is 4. The summed E-state index contributed by atoms with van der Waals surface area (Å²) >= 11 is 0. The summed E-state index contributed by atoms with van der Waals surface area (Å²) in [4.78, 5) is 15.5. The molecule has 9 aromatic rings. The number of aliphatic hydroxyl groups is 3. The van der Waals surface area contributed by atoms with Gasteiger partial charge in [0.1, 0.15) is 11.6 Å². The average Bonchev–Trinajstić information content (AvgIpc) is 1.62. The monoisotopic (exact) mass is 1470 g/mol. The maximum Gasteiger partial charge on any atom is 0.389 e. The van der Waals surface area contributed by atoms with E-state index in [1.165, 1.54) is 25.7 Å². The second-order valence-corrected chi connectivity index (χ2v) is 31.3. The lowest BCUT2D eigenvalue weighted by Gasteiger charge is -2.39. The molecule has 1 saturated heterocycles. The number of methoxy groups -OCH3 is 1. The van der Waals surface area contributed by atoms with E-state index in [4.69, 9.17) is 20.0 Å². The standard InChI is InChI=1S/C26H37F2N7O2.2C25H32F3N5O/c1-17(16-37-3)31-25-29-12-24-22(10-23(35(24)32-25)18-4-6-21(36)7-5-18)19-11-30-34(13-19)20-14-33(15-20)9-8-26(2,27)28;2*1-16(12-25(26,27)28)10-24-29-14-23-21(18-13-30-32(15-18)19-4-2-3-5-19)11-22(33(23)31-24)17-6-8-20(34)9-7-17/h10-13,17-18,20-21,36H,4-9,14-16H2,1-3H3,(H,31,32);2*11,13-17,19-20,34H,2-10,12H2,1H3/t17-,18?,21?;2*16-,17?,20?/m011/s1. The molecule has 1 aliphatic heterocycles. The average molecular weight is 1470 g/mol. The second kappa shape index (κ2) is 32.5. The summed E-state index contributed by atoms with van der Waals surface area (Å²) in [6.45, 7) is 8.55. The van der Waals surface area contributed by atoms with Crippen molar-refractivity contribution in [3.63, 3.8) is 0 Å². The van der Waals surface area contributed by atoms with Gasteiger partial charge in [-0.2, -0.15) is 51.8 Å². The molecule has 9 aromatic heterocycles. The molecule has 6 aliphatic rings. The van der Waals surface area contributed by atoms with Crippen LogP contribution in [-0.2, 0) is 17.6 Å². The van der Waals surface area contributed by atoms with Gasteiger partial charge in [0.2, 0.25) is 11.9 Å². The summed E-state index contributed by atoms with van der Waals surface area (Å²) in [6, 6.07) is 7.61. The van der Waals surface area contributed by atoms with Gasteiger partial charge >= 0.3 is 12.4 Å². The molecule has 570 valence electrons. The van der Waals surface area contributed by atoms with Crippen molar-refractivity contribution in [2.45, 2.75) is 267 Å². The number of hydrogen-bond acceptors (Lipinski definition) is 15. The van der Waals surface area contributed by atoms with Crippen molar-refractivity contribution in [3.05, 3.63) is 103 Å². The van der Waals surface area contributed by atoms with E-state index in [-0.39, 0.29) is 61.5 Å². The van der Waals surface area contributed by atoms with Gasteiger partial charge in [-0.15, -0.1) is 5.10 Å². The summed E-state index contributed by atoms with van der Waals surface area (Å²) in [5.41, 5.74) is 11.8. The van der Waals surface area contributed by atoms with Crippen LogP contribution in [0.4, 0.5) is 41.1 Å². The third-order valence-corrected chi connectivity index (χ3v) is 22.4. The Labute approximate surface area is 606 Å². The van der Waals surface area contributed by atoms with E-state index in [9.17, 15) is 50.4 Å². The zero-order chi connectivity index (χ0) is 73.9. The molecule has 105 heavy (non-hydrogen) atoms. The fraction of sp³-hybridized carbons (Fsp3) is 0.645. The van der Waals surface area contributed by atoms with E-state index in [2.05, 4.69) is 75.5 Å². The highest BCUT2D eigenvalue weighted by atomic mass is 19.4. The molecule has 0 spiro atoms. The Morgan fingerprint density at radius 3 is 1.21 bits per heavy atom. The van der Waals surface area contributed by atoms with Crippen molar-refractivity contribution in [1.29, 1.82) is 0 Å². The Kier molecular flexibility index (Phi) is 23.5. The minimum atomic E-state index is -4.20. The largest absolute Gasteiger partial charge is 0.393 e. The number of aliphatic hydroxyl groups excluding tert-OH is 3. The third kappa shape index (κ3) is 18.9. The lowest BCUT2D eigenvalue weighted by Crippen LogP contribution is -2.48. The molecule has 15 rings (SSSR count). The summed E-state index contributed by atoms with van der Waals surface area (Å²) < 4.78 is 120. The number of likely N-dealkylation sites (tertiary alicyclic amines) is 1. The van der Waals surface area contributed by atoms with Gasteiger partial charge in [0, 0.05) is 152 Å². The zero-order valence-electron chi connectivity index (χ0n) is 60.8. The summed E-state index contributed by atoms with van der Waals surface area (Å²) in [6.07, 6.45) is 25.9. The highest BCUT2D eigenvalue weighted by molar-refractivity contribution is 5.83. The van der Waals surface area contributed by atoms with Crippen LogP contribution in [0, 0.1) is 11.8 Å². The maximum atomic E-state index is 13.2. The summed E-state index contributed by atoms with van der Waals surface area (Å²) in [5.74, 6) is -1.65. The molecule has 0 radical (unpaired) electrons. The highest BCUT2D eigenvalue weighted by Gasteiger charge is 2.36. The Morgan fingerprint density at radius 1 is 0.486 bits per heavy atom. The van der Waals surface area contributed by atoms with Crippen LogP contribution in [0.2, 0.25) is 0 Å². The number of fused-ring (bicyclic) bond motifs is 3. The van der Waals surface area contributed by atoms with Gasteiger partial charge in [-0.25, -0.2) is 37.3 Å². The van der Waals surface area contributed by atoms with Crippen molar-refractivity contribution in [2.75, 3.05) is 38.7 Å². The number of rotatable bonds is 22. The molecule has 5 saturated carbocycles. The van der Waals surface area contributed by atoms with Crippen molar-refractivity contribution in [3.8, 4) is 33.4 Å². The quantitative estimate of drug-likeness (QED) is 0.0463. The van der Waals surface area contributed by atoms with E-state index in [0.29, 0.717) is 48.8 Å². The summed E-state index contributed by atoms with van der Waals surface area (Å²) in [7, 11) is 1.67. The van der Waals surface area contributed by atoms with Crippen molar-refractivity contribution >= 4 is 22.5 Å². The van der Waals surface area contributed by atoms with E-state index < -0.39 is 43.0 Å². The fourth-order valence-electron chi connectivity index (χ4n) is 16.7. The summed E-state index contributed by atoms with van der Waals surface area (Å²) in [5, 5.41) is 61.4. The molecule has 4 N–H and O–H groups in total. The van der Waals surface area contributed by atoms with Crippen LogP contribution >= 0.6 is 0 Å². The van der Waals surface area contributed by atoms with Crippen molar-refractivity contribution in [1.82, 2.24) is 78.0 Å². The van der Waals surface area contributed by atoms with Crippen molar-refractivity contribution in [2.24, 2.45) is 11.8 Å². The van der Waals surface area contributed by atoms with Crippen LogP contribution in [-0.4, -0.2) is 169 Å². The smallest absolute Gasteiger partial charge is 0.389 e. The van der Waals surface area contributed by atoms with E-state index >= 15 is 0 Å². The lowest BCUT2D eigenvalue weighted by atomic mass is 9.85. The predicted octanol–water partition coefficient (Wildman–Crippen LogP) is 15.7. The van der Waals surface area contributed by atoms with Gasteiger partial charge < -0.3 is 25.4 Å². The molecule has 0 aromatic carbocycles. The highest BCUT2D eigenvalue weighted by Crippen LogP contribution is 2.43.